The summed E-state index contributed by atoms with van der Waals surface area (Å²) in [6.07, 6.45) is 0. The van der Waals surface area contributed by atoms with Gasteiger partial charge in [-0.1, -0.05) is 67.6 Å². The van der Waals surface area contributed by atoms with Gasteiger partial charge in [0.2, 0.25) is 0 Å². The summed E-state index contributed by atoms with van der Waals surface area (Å²) in [6, 6.07) is 27.8. The van der Waals surface area contributed by atoms with Gasteiger partial charge in [-0.3, -0.25) is 9.69 Å². The third kappa shape index (κ3) is 5.26. The lowest BCUT2D eigenvalue weighted by molar-refractivity contribution is 0.0691. The predicted molar refractivity (Wildman–Crippen MR) is 167 cm³/mol. The molecule has 0 spiro atoms. The van der Waals surface area contributed by atoms with Crippen LogP contribution in [0.5, 0.6) is 11.5 Å². The maximum absolute atomic E-state index is 12.6. The van der Waals surface area contributed by atoms with Crippen molar-refractivity contribution >= 4 is 24.1 Å². The predicted octanol–water partition coefficient (Wildman–Crippen LogP) is 5.50. The summed E-state index contributed by atoms with van der Waals surface area (Å²) < 4.78 is 6.15. The van der Waals surface area contributed by atoms with Gasteiger partial charge >= 0.3 is 5.97 Å². The van der Waals surface area contributed by atoms with Crippen LogP contribution < -0.4 is 15.2 Å². The maximum Gasteiger partial charge on any atom is 0.345 e. The number of H-pyrrole nitrogens is 1. The maximum atomic E-state index is 12.6. The topological polar surface area (TPSA) is 106 Å². The first-order valence-corrected chi connectivity index (χ1v) is 14.5. The second-order valence-electron chi connectivity index (χ2n) is 11.8. The Morgan fingerprint density at radius 3 is 2.16 bits per heavy atom. The Morgan fingerprint density at radius 1 is 0.977 bits per heavy atom. The molecule has 3 aliphatic rings. The van der Waals surface area contributed by atoms with Gasteiger partial charge in [0, 0.05) is 61.0 Å². The molecule has 2 unspecified atom stereocenters. The highest BCUT2D eigenvalue weighted by atomic mass is 35.5. The number of rotatable bonds is 7. The van der Waals surface area contributed by atoms with E-state index in [0.29, 0.717) is 40.4 Å². The van der Waals surface area contributed by atoms with E-state index in [1.54, 1.807) is 0 Å². The van der Waals surface area contributed by atoms with Crippen molar-refractivity contribution in [2.75, 3.05) is 24.6 Å². The highest BCUT2D eigenvalue weighted by molar-refractivity contribution is 5.92. The molecule has 2 aliphatic heterocycles. The smallest absolute Gasteiger partial charge is 0.345 e. The number of hydrogen-bond donors (Lipinski definition) is 3. The van der Waals surface area contributed by atoms with Crippen LogP contribution in [0.3, 0.4) is 0 Å². The van der Waals surface area contributed by atoms with Crippen LogP contribution in [0.4, 0.5) is 5.69 Å². The molecule has 1 saturated carbocycles. The van der Waals surface area contributed by atoms with E-state index in [1.807, 2.05) is 25.1 Å². The first kappa shape index (κ1) is 28.8. The monoisotopic (exact) mass is 599 g/mol. The number of halogens is 1. The molecule has 1 saturated heterocycles. The lowest BCUT2D eigenvalue weighted by Crippen LogP contribution is -2.34. The highest BCUT2D eigenvalue weighted by Gasteiger charge is 2.58. The van der Waals surface area contributed by atoms with Crippen molar-refractivity contribution in [1.29, 1.82) is 0 Å². The summed E-state index contributed by atoms with van der Waals surface area (Å²) in [4.78, 5) is 31.9. The number of aromatic carboxylic acids is 1. The van der Waals surface area contributed by atoms with Gasteiger partial charge in [-0.2, -0.15) is 0 Å². The number of hydrogen-bond acceptors (Lipinski definition) is 6. The number of aromatic nitrogens is 1. The molecule has 7 rings (SSSR count). The molecule has 0 radical (unpaired) electrons. The summed E-state index contributed by atoms with van der Waals surface area (Å²) in [6.45, 7) is 5.86. The Labute approximate surface area is 256 Å². The summed E-state index contributed by atoms with van der Waals surface area (Å²) in [5.41, 5.74) is 3.68. The van der Waals surface area contributed by atoms with Gasteiger partial charge in [0.15, 0.2) is 5.56 Å². The number of ether oxygens (including phenoxy) is 1. The van der Waals surface area contributed by atoms with Crippen LogP contribution >= 0.6 is 12.4 Å². The molecule has 3 heterocycles. The zero-order valence-corrected chi connectivity index (χ0v) is 24.6. The zero-order valence-electron chi connectivity index (χ0n) is 23.8. The van der Waals surface area contributed by atoms with Gasteiger partial charge in [-0.15, -0.1) is 12.4 Å². The number of carbonyl (C=O) groups is 1. The van der Waals surface area contributed by atoms with E-state index < -0.39 is 22.8 Å². The zero-order chi connectivity index (χ0) is 29.0. The molecule has 3 aromatic carbocycles. The number of nitrogens with one attached hydrogen (secondary N) is 1. The molecule has 4 aromatic rings. The van der Waals surface area contributed by atoms with Gasteiger partial charge in [0.05, 0.1) is 12.3 Å². The first-order chi connectivity index (χ1) is 20.4. The van der Waals surface area contributed by atoms with Crippen LogP contribution in [0.2, 0.25) is 0 Å². The van der Waals surface area contributed by atoms with Gasteiger partial charge < -0.3 is 24.8 Å². The van der Waals surface area contributed by atoms with Crippen LogP contribution in [-0.2, 0) is 13.1 Å². The fraction of sp³-hybridized carbons (Fsp3) is 0.294. The van der Waals surface area contributed by atoms with Crippen molar-refractivity contribution in [3.8, 4) is 22.8 Å². The van der Waals surface area contributed by atoms with E-state index in [1.165, 1.54) is 11.1 Å². The Balaban J connectivity index is 0.00000329. The number of aromatic amines is 1. The molecule has 43 heavy (non-hydrogen) atoms. The van der Waals surface area contributed by atoms with E-state index in [-0.39, 0.29) is 24.9 Å². The minimum Gasteiger partial charge on any atom is -0.506 e. The minimum atomic E-state index is -1.46. The van der Waals surface area contributed by atoms with Crippen molar-refractivity contribution in [2.24, 2.45) is 11.8 Å². The van der Waals surface area contributed by atoms with Gasteiger partial charge in [0.25, 0.3) is 5.56 Å². The minimum absolute atomic E-state index is 0. The van der Waals surface area contributed by atoms with Gasteiger partial charge in [-0.05, 0) is 35.1 Å². The molecule has 8 nitrogen and oxygen atoms in total. The molecule has 1 aliphatic carbocycles. The van der Waals surface area contributed by atoms with Crippen molar-refractivity contribution in [2.45, 2.75) is 32.0 Å². The highest BCUT2D eigenvalue weighted by Crippen LogP contribution is 2.52. The Morgan fingerprint density at radius 2 is 1.58 bits per heavy atom. The van der Waals surface area contributed by atoms with Gasteiger partial charge in [-0.25, -0.2) is 4.79 Å². The third-order valence-corrected chi connectivity index (χ3v) is 9.05. The fourth-order valence-electron chi connectivity index (χ4n) is 6.98. The summed E-state index contributed by atoms with van der Waals surface area (Å²) in [5, 5.41) is 20.2. The summed E-state index contributed by atoms with van der Waals surface area (Å²) >= 11 is 0. The number of fused-ring (bicyclic) bond motifs is 4. The summed E-state index contributed by atoms with van der Waals surface area (Å²) in [7, 11) is 0. The molecule has 2 fully saturated rings. The largest absolute Gasteiger partial charge is 0.506 e. The average molecular weight is 600 g/mol. The molecule has 3 N–H and O–H groups in total. The molecule has 0 bridgehead atoms. The van der Waals surface area contributed by atoms with Crippen LogP contribution in [0.25, 0.3) is 11.3 Å². The number of nitrogens with zero attached hydrogens (tertiary/aromatic N) is 2. The Kier molecular flexibility index (Phi) is 7.66. The van der Waals surface area contributed by atoms with Crippen molar-refractivity contribution in [3.63, 3.8) is 0 Å². The molecule has 4 atom stereocenters. The quantitative estimate of drug-likeness (QED) is 0.258. The molecule has 0 amide bonds. The molecular weight excluding hydrogens is 566 g/mol. The number of carboxylic acids is 1. The molecule has 222 valence electrons. The second-order valence-corrected chi connectivity index (χ2v) is 11.8. The van der Waals surface area contributed by atoms with E-state index in [2.05, 4.69) is 75.4 Å². The molecule has 1 aromatic heterocycles. The van der Waals surface area contributed by atoms with E-state index >= 15 is 0 Å². The number of benzene rings is 3. The molecular formula is C34H34ClN3O5. The number of carboxylic acid groups (broad SMARTS) is 1. The van der Waals surface area contributed by atoms with Crippen molar-refractivity contribution in [3.05, 3.63) is 111 Å². The standard InChI is InChI=1S/C34H33N3O5.ClH/c1-20-19-42-27-14-23(12-13-24(27)30-28(20)32(38)29(34(40)41)33(39)35-30)36-17-25-26(18-36)31(25)37(15-21-8-4-2-5-9-21)16-22-10-6-3-7-11-22;/h2-14,20,25-26,31H,15-19H2,1H3,(H,40,41)(H2,35,38,39);1H/t20?,25-,26+,31?;. The summed E-state index contributed by atoms with van der Waals surface area (Å²) in [5.74, 6) is -0.479. The lowest BCUT2D eigenvalue weighted by atomic mass is 9.94. The number of piperidine rings is 1. The SMILES string of the molecule is CC1COc2cc(N3C[C@@H]4C(N(Cc5ccccc5)Cc5ccccc5)[C@@H]4C3)ccc2-c2[nH]c(=O)c(C(=O)O)c(O)c21.Cl. The van der Waals surface area contributed by atoms with Gasteiger partial charge in [0.1, 0.15) is 11.5 Å². The van der Waals surface area contributed by atoms with Crippen LogP contribution in [0.1, 0.15) is 39.9 Å². The number of anilines is 1. The first-order valence-electron chi connectivity index (χ1n) is 14.5. The van der Waals surface area contributed by atoms with E-state index in [9.17, 15) is 19.8 Å². The lowest BCUT2D eigenvalue weighted by Gasteiger charge is -2.29. The third-order valence-electron chi connectivity index (χ3n) is 9.05. The number of pyridine rings is 1. The van der Waals surface area contributed by atoms with Crippen LogP contribution in [0.15, 0.2) is 83.7 Å². The van der Waals surface area contributed by atoms with E-state index in [4.69, 9.17) is 4.74 Å². The Bertz CT molecular complexity index is 1660. The Hall–Kier alpha value is -4.27. The van der Waals surface area contributed by atoms with Crippen LogP contribution in [-0.4, -0.2) is 51.8 Å². The van der Waals surface area contributed by atoms with Crippen molar-refractivity contribution in [1.82, 2.24) is 9.88 Å². The molecule has 9 heteroatoms. The van der Waals surface area contributed by atoms with E-state index in [0.717, 1.165) is 31.9 Å². The fourth-order valence-corrected chi connectivity index (χ4v) is 6.98. The average Bonchev–Trinajstić information content (AvgIpc) is 3.52. The number of aromatic hydroxyl groups is 1. The normalized spacial score (nSPS) is 21.6. The second kappa shape index (κ2) is 11.4. The van der Waals surface area contributed by atoms with Crippen molar-refractivity contribution < 1.29 is 19.7 Å². The van der Waals surface area contributed by atoms with Crippen LogP contribution in [0, 0.1) is 11.8 Å².